The Morgan fingerprint density at radius 1 is 0.976 bits per heavy atom. The monoisotopic (exact) mass is 620 g/mol. The molecule has 0 saturated heterocycles. The van der Waals surface area contributed by atoms with E-state index < -0.39 is 39.3 Å². The van der Waals surface area contributed by atoms with Crippen molar-refractivity contribution in [2.24, 2.45) is 0 Å². The number of carbonyl (C=O) groups is 2. The van der Waals surface area contributed by atoms with E-state index in [2.05, 4.69) is 5.32 Å². The van der Waals surface area contributed by atoms with Gasteiger partial charge in [-0.2, -0.15) is 0 Å². The fourth-order valence-electron chi connectivity index (χ4n) is 4.15. The van der Waals surface area contributed by atoms with Gasteiger partial charge in [0.2, 0.25) is 11.8 Å². The van der Waals surface area contributed by atoms with Crippen LogP contribution in [0.3, 0.4) is 0 Å². The summed E-state index contributed by atoms with van der Waals surface area (Å²) in [6.07, 6.45) is 0.883. The fourth-order valence-corrected chi connectivity index (χ4v) is 6.09. The molecule has 10 nitrogen and oxygen atoms in total. The molecular weight excluding hydrogens is 591 g/mol. The number of anilines is 1. The molecule has 0 aliphatic heterocycles. The first-order chi connectivity index (χ1) is 19.5. The number of benzene rings is 3. The normalized spacial score (nSPS) is 11.9. The van der Waals surface area contributed by atoms with Gasteiger partial charge in [0.25, 0.3) is 15.7 Å². The van der Waals surface area contributed by atoms with Gasteiger partial charge in [0.15, 0.2) is 0 Å². The zero-order valence-corrected chi connectivity index (χ0v) is 24.8. The minimum absolute atomic E-state index is 0.0874. The van der Waals surface area contributed by atoms with Crippen LogP contribution in [0.2, 0.25) is 10.0 Å². The Labute approximate surface area is 249 Å². The maximum Gasteiger partial charge on any atom is 0.271 e. The standard InChI is InChI=1S/C28H30Cl2N4O6S/c1-3-16-31-28(36)26(4-2)32(18-23-24(29)14-9-15-25(23)30)27(35)19-33(20-10-8-11-21(17-20)34(37)38)41(39,40)22-12-6-5-7-13-22/h5-15,17,26H,3-4,16,18-19H2,1-2H3,(H,31,36)/t26-/m0/s1. The third-order valence-electron chi connectivity index (χ3n) is 6.26. The minimum Gasteiger partial charge on any atom is -0.354 e. The summed E-state index contributed by atoms with van der Waals surface area (Å²) in [6.45, 7) is 3.07. The van der Waals surface area contributed by atoms with Crippen LogP contribution in [0.25, 0.3) is 0 Å². The van der Waals surface area contributed by atoms with Crippen molar-refractivity contribution in [3.05, 3.63) is 98.5 Å². The molecule has 3 rings (SSSR count). The lowest BCUT2D eigenvalue weighted by Crippen LogP contribution is -2.52. The largest absolute Gasteiger partial charge is 0.354 e. The highest BCUT2D eigenvalue weighted by atomic mass is 35.5. The highest BCUT2D eigenvalue weighted by Gasteiger charge is 2.34. The first-order valence-electron chi connectivity index (χ1n) is 12.8. The Bertz CT molecular complexity index is 1480. The predicted molar refractivity (Wildman–Crippen MR) is 158 cm³/mol. The first-order valence-corrected chi connectivity index (χ1v) is 15.0. The number of sulfonamides is 1. The molecule has 218 valence electrons. The molecule has 41 heavy (non-hydrogen) atoms. The number of amides is 2. The number of non-ortho nitro benzene ring substituents is 1. The van der Waals surface area contributed by atoms with E-state index in [1.54, 1.807) is 31.2 Å². The molecule has 1 N–H and O–H groups in total. The lowest BCUT2D eigenvalue weighted by Gasteiger charge is -2.33. The molecule has 2 amide bonds. The van der Waals surface area contributed by atoms with Crippen LogP contribution in [-0.2, 0) is 26.2 Å². The van der Waals surface area contributed by atoms with Crippen LogP contribution < -0.4 is 9.62 Å². The number of hydrogen-bond acceptors (Lipinski definition) is 6. The Morgan fingerprint density at radius 2 is 1.61 bits per heavy atom. The zero-order chi connectivity index (χ0) is 30.2. The summed E-state index contributed by atoms with van der Waals surface area (Å²) >= 11 is 12.8. The van der Waals surface area contributed by atoms with Gasteiger partial charge in [0.1, 0.15) is 12.6 Å². The van der Waals surface area contributed by atoms with E-state index >= 15 is 0 Å². The van der Waals surface area contributed by atoms with Crippen molar-refractivity contribution < 1.29 is 22.9 Å². The molecule has 13 heteroatoms. The maximum atomic E-state index is 14.0. The molecular formula is C28H30Cl2N4O6S. The van der Waals surface area contributed by atoms with E-state index in [1.165, 1.54) is 47.4 Å². The van der Waals surface area contributed by atoms with E-state index in [0.717, 1.165) is 10.4 Å². The summed E-state index contributed by atoms with van der Waals surface area (Å²) in [4.78, 5) is 39.1. The van der Waals surface area contributed by atoms with Crippen molar-refractivity contribution in [3.63, 3.8) is 0 Å². The van der Waals surface area contributed by atoms with Gasteiger partial charge < -0.3 is 10.2 Å². The lowest BCUT2D eigenvalue weighted by molar-refractivity contribution is -0.384. The van der Waals surface area contributed by atoms with Gasteiger partial charge in [-0.3, -0.25) is 24.0 Å². The van der Waals surface area contributed by atoms with Crippen molar-refractivity contribution in [1.82, 2.24) is 10.2 Å². The van der Waals surface area contributed by atoms with E-state index in [1.807, 2.05) is 6.92 Å². The molecule has 0 spiro atoms. The van der Waals surface area contributed by atoms with Crippen molar-refractivity contribution in [2.75, 3.05) is 17.4 Å². The van der Waals surface area contributed by atoms with Crippen LogP contribution >= 0.6 is 23.2 Å². The third kappa shape index (κ3) is 7.75. The van der Waals surface area contributed by atoms with Crippen molar-refractivity contribution >= 4 is 56.4 Å². The summed E-state index contributed by atoms with van der Waals surface area (Å²) in [5.74, 6) is -1.15. The Balaban J connectivity index is 2.12. The average molecular weight is 622 g/mol. The summed E-state index contributed by atoms with van der Waals surface area (Å²) in [5, 5.41) is 14.8. The van der Waals surface area contributed by atoms with Crippen LogP contribution in [0.15, 0.2) is 77.7 Å². The molecule has 0 fully saturated rings. The average Bonchev–Trinajstić information content (AvgIpc) is 2.96. The van der Waals surface area contributed by atoms with Gasteiger partial charge in [-0.15, -0.1) is 0 Å². The van der Waals surface area contributed by atoms with Gasteiger partial charge in [-0.05, 0) is 43.2 Å². The van der Waals surface area contributed by atoms with Gasteiger partial charge in [-0.25, -0.2) is 8.42 Å². The van der Waals surface area contributed by atoms with E-state index in [-0.39, 0.29) is 39.3 Å². The quantitative estimate of drug-likeness (QED) is 0.200. The van der Waals surface area contributed by atoms with Gasteiger partial charge in [0, 0.05) is 40.8 Å². The van der Waals surface area contributed by atoms with Gasteiger partial charge >= 0.3 is 0 Å². The highest BCUT2D eigenvalue weighted by molar-refractivity contribution is 7.92. The Hall–Kier alpha value is -3.67. The highest BCUT2D eigenvalue weighted by Crippen LogP contribution is 2.30. The molecule has 0 aliphatic carbocycles. The summed E-state index contributed by atoms with van der Waals surface area (Å²) in [7, 11) is -4.37. The smallest absolute Gasteiger partial charge is 0.271 e. The van der Waals surface area contributed by atoms with Crippen LogP contribution in [0, 0.1) is 10.1 Å². The van der Waals surface area contributed by atoms with E-state index in [4.69, 9.17) is 23.2 Å². The fraction of sp³-hybridized carbons (Fsp3) is 0.286. The molecule has 0 heterocycles. The third-order valence-corrected chi connectivity index (χ3v) is 8.76. The molecule has 3 aromatic carbocycles. The van der Waals surface area contributed by atoms with Crippen LogP contribution in [0.4, 0.5) is 11.4 Å². The van der Waals surface area contributed by atoms with Gasteiger partial charge in [0.05, 0.1) is 15.5 Å². The molecule has 0 bridgehead atoms. The second-order valence-corrected chi connectivity index (χ2v) is 11.7. The van der Waals surface area contributed by atoms with Crippen LogP contribution in [-0.4, -0.2) is 49.2 Å². The summed E-state index contributed by atoms with van der Waals surface area (Å²) in [5.41, 5.74) is -0.0531. The van der Waals surface area contributed by atoms with Crippen LogP contribution in [0.1, 0.15) is 32.3 Å². The maximum absolute atomic E-state index is 14.0. The topological polar surface area (TPSA) is 130 Å². The molecule has 0 saturated carbocycles. The first kappa shape index (κ1) is 31.9. The number of halogens is 2. The van der Waals surface area contributed by atoms with Crippen LogP contribution in [0.5, 0.6) is 0 Å². The predicted octanol–water partition coefficient (Wildman–Crippen LogP) is 5.43. The molecule has 0 radical (unpaired) electrons. The Kier molecular flexibility index (Phi) is 11.1. The molecule has 0 aliphatic rings. The van der Waals surface area contributed by atoms with E-state index in [9.17, 15) is 28.1 Å². The second kappa shape index (κ2) is 14.3. The minimum atomic E-state index is -4.37. The number of nitro groups is 1. The number of nitrogens with zero attached hydrogens (tertiary/aromatic N) is 3. The van der Waals surface area contributed by atoms with Crippen molar-refractivity contribution in [3.8, 4) is 0 Å². The number of hydrogen-bond donors (Lipinski definition) is 1. The molecule has 0 aromatic heterocycles. The van der Waals surface area contributed by atoms with E-state index in [0.29, 0.717) is 18.5 Å². The number of carbonyl (C=O) groups excluding carboxylic acids is 2. The number of rotatable bonds is 13. The second-order valence-electron chi connectivity index (χ2n) is 9.04. The SMILES string of the molecule is CCCNC(=O)[C@H](CC)N(Cc1c(Cl)cccc1Cl)C(=O)CN(c1cccc([N+](=O)[O-])c1)S(=O)(=O)c1ccccc1. The van der Waals surface area contributed by atoms with Crippen molar-refractivity contribution in [1.29, 1.82) is 0 Å². The Morgan fingerprint density at radius 3 is 2.20 bits per heavy atom. The molecule has 1 atom stereocenters. The molecule has 3 aromatic rings. The van der Waals surface area contributed by atoms with Gasteiger partial charge in [-0.1, -0.05) is 67.4 Å². The zero-order valence-electron chi connectivity index (χ0n) is 22.5. The summed E-state index contributed by atoms with van der Waals surface area (Å²) < 4.78 is 28.4. The number of nitrogens with one attached hydrogen (secondary N) is 1. The van der Waals surface area contributed by atoms with Crippen molar-refractivity contribution in [2.45, 2.75) is 44.2 Å². The number of nitro benzene ring substituents is 1. The summed E-state index contributed by atoms with van der Waals surface area (Å²) in [6, 6.07) is 16.3. The molecule has 0 unspecified atom stereocenters. The lowest BCUT2D eigenvalue weighted by atomic mass is 10.1.